The van der Waals surface area contributed by atoms with E-state index < -0.39 is 0 Å². The summed E-state index contributed by atoms with van der Waals surface area (Å²) in [6, 6.07) is 12.1. The number of benzene rings is 2. The van der Waals surface area contributed by atoms with Gasteiger partial charge in [-0.15, -0.1) is 0 Å². The van der Waals surface area contributed by atoms with Gasteiger partial charge in [0.15, 0.2) is 11.5 Å². The van der Waals surface area contributed by atoms with Crippen molar-refractivity contribution >= 4 is 49.9 Å². The topological polar surface area (TPSA) is 30.5 Å². The fourth-order valence-corrected chi connectivity index (χ4v) is 3.26. The van der Waals surface area contributed by atoms with Crippen LogP contribution in [0.3, 0.4) is 0 Å². The molecule has 0 atom stereocenters. The van der Waals surface area contributed by atoms with Crippen molar-refractivity contribution in [1.82, 2.24) is 0 Å². The minimum Gasteiger partial charge on any atom is -0.454 e. The van der Waals surface area contributed by atoms with Crippen LogP contribution in [0.1, 0.15) is 11.1 Å². The number of halogens is 1. The van der Waals surface area contributed by atoms with Crippen LogP contribution in [0.15, 0.2) is 40.9 Å². The van der Waals surface area contributed by atoms with Crippen molar-refractivity contribution in [2.24, 2.45) is 0 Å². The van der Waals surface area contributed by atoms with Crippen LogP contribution in [0, 0.1) is 6.92 Å². The molecule has 114 valence electrons. The minimum absolute atomic E-state index is 0.300. The van der Waals surface area contributed by atoms with E-state index in [2.05, 4.69) is 34.2 Å². The molecule has 0 aromatic heterocycles. The van der Waals surface area contributed by atoms with Crippen molar-refractivity contribution in [3.63, 3.8) is 0 Å². The van der Waals surface area contributed by atoms with Crippen molar-refractivity contribution in [3.8, 4) is 11.5 Å². The van der Waals surface area contributed by atoms with E-state index in [4.69, 9.17) is 21.7 Å². The number of nitrogens with one attached hydrogen (secondary N) is 1. The summed E-state index contributed by atoms with van der Waals surface area (Å²) in [4.78, 5) is 0. The Morgan fingerprint density at radius 3 is 2.86 bits per heavy atom. The van der Waals surface area contributed by atoms with E-state index in [0.717, 1.165) is 37.3 Å². The van der Waals surface area contributed by atoms with Gasteiger partial charge in [-0.1, -0.05) is 46.0 Å². The highest BCUT2D eigenvalue weighted by atomic mass is 79.9. The first-order valence-corrected chi connectivity index (χ1v) is 8.89. The molecule has 0 unspecified atom stereocenters. The summed E-state index contributed by atoms with van der Waals surface area (Å²) in [5.74, 6) is 2.40. The predicted octanol–water partition coefficient (Wildman–Crippen LogP) is 5.12. The molecule has 22 heavy (non-hydrogen) atoms. The fraction of sp³-hybridized carbons (Fsp3) is 0.188. The van der Waals surface area contributed by atoms with E-state index in [9.17, 15) is 0 Å². The summed E-state index contributed by atoms with van der Waals surface area (Å²) >= 11 is 10.5. The zero-order valence-electron chi connectivity index (χ0n) is 11.9. The summed E-state index contributed by atoms with van der Waals surface area (Å²) in [7, 11) is 0. The minimum atomic E-state index is 0.300. The molecular weight excluding hydrogens is 382 g/mol. The van der Waals surface area contributed by atoms with Crippen molar-refractivity contribution in [3.05, 3.63) is 52.0 Å². The highest BCUT2D eigenvalue weighted by Crippen LogP contribution is 2.33. The zero-order chi connectivity index (χ0) is 15.5. The second kappa shape index (κ2) is 6.89. The molecule has 1 N–H and O–H groups in total. The Labute approximate surface area is 147 Å². The number of ether oxygens (including phenoxy) is 2. The Morgan fingerprint density at radius 1 is 1.23 bits per heavy atom. The van der Waals surface area contributed by atoms with Crippen LogP contribution in [0.5, 0.6) is 11.5 Å². The number of anilines is 1. The fourth-order valence-electron chi connectivity index (χ4n) is 2.06. The Hall–Kier alpha value is -1.24. The Kier molecular flexibility index (Phi) is 4.90. The van der Waals surface area contributed by atoms with E-state index in [1.165, 1.54) is 5.56 Å². The van der Waals surface area contributed by atoms with Gasteiger partial charge in [0.05, 0.1) is 0 Å². The van der Waals surface area contributed by atoms with Crippen molar-refractivity contribution in [2.45, 2.75) is 12.7 Å². The second-order valence-corrected chi connectivity index (χ2v) is 7.36. The van der Waals surface area contributed by atoms with Gasteiger partial charge in [0, 0.05) is 15.9 Å². The summed E-state index contributed by atoms with van der Waals surface area (Å²) < 4.78 is 12.5. The Morgan fingerprint density at radius 2 is 2.05 bits per heavy atom. The lowest BCUT2D eigenvalue weighted by Gasteiger charge is -2.09. The molecule has 0 aliphatic carbocycles. The lowest BCUT2D eigenvalue weighted by Crippen LogP contribution is -2.05. The summed E-state index contributed by atoms with van der Waals surface area (Å²) in [5, 5.41) is 3.25. The Bertz CT molecular complexity index is 721. The average Bonchev–Trinajstić information content (AvgIpc) is 2.96. The third kappa shape index (κ3) is 3.74. The van der Waals surface area contributed by atoms with Crippen molar-refractivity contribution in [1.29, 1.82) is 0 Å². The van der Waals surface area contributed by atoms with Gasteiger partial charge in [-0.3, -0.25) is 0 Å². The summed E-state index contributed by atoms with van der Waals surface area (Å²) in [5.41, 5.74) is 3.34. The van der Waals surface area contributed by atoms with Gasteiger partial charge in [-0.2, -0.15) is 0 Å². The van der Waals surface area contributed by atoms with Gasteiger partial charge >= 0.3 is 0 Å². The molecule has 1 aliphatic rings. The summed E-state index contributed by atoms with van der Waals surface area (Å²) in [6.07, 6.45) is 0. The SMILES string of the molecule is Cc1cc(NC(=S)SCc2ccc3c(c2)OCO3)ccc1Br. The number of thiocarbonyl (C=S) groups is 1. The molecule has 1 heterocycles. The first-order chi connectivity index (χ1) is 10.6. The molecule has 2 aromatic carbocycles. The van der Waals surface area contributed by atoms with E-state index >= 15 is 0 Å². The number of hydrogen-bond donors (Lipinski definition) is 1. The normalized spacial score (nSPS) is 12.3. The molecular formula is C16H14BrNO2S2. The molecule has 3 nitrogen and oxygen atoms in total. The standard InChI is InChI=1S/C16H14BrNO2S2/c1-10-6-12(3-4-13(10)17)18-16(21)22-8-11-2-5-14-15(7-11)20-9-19-14/h2-7H,8-9H2,1H3,(H,18,21). The molecule has 2 aromatic rings. The van der Waals surface area contributed by atoms with Crippen LogP contribution in [0.2, 0.25) is 0 Å². The van der Waals surface area contributed by atoms with Gasteiger partial charge < -0.3 is 14.8 Å². The number of aryl methyl sites for hydroxylation is 1. The number of thioether (sulfide) groups is 1. The van der Waals surface area contributed by atoms with Crippen LogP contribution in [0.4, 0.5) is 5.69 Å². The molecule has 0 amide bonds. The van der Waals surface area contributed by atoms with Gasteiger partial charge in [0.2, 0.25) is 6.79 Å². The third-order valence-corrected chi connectivity index (χ3v) is 5.40. The second-order valence-electron chi connectivity index (χ2n) is 4.85. The molecule has 0 saturated heterocycles. The van der Waals surface area contributed by atoms with E-state index in [0.29, 0.717) is 6.79 Å². The average molecular weight is 396 g/mol. The maximum Gasteiger partial charge on any atom is 0.231 e. The molecule has 6 heteroatoms. The van der Waals surface area contributed by atoms with Crippen LogP contribution in [-0.4, -0.2) is 11.1 Å². The molecule has 0 bridgehead atoms. The van der Waals surface area contributed by atoms with Crippen LogP contribution in [0.25, 0.3) is 0 Å². The molecule has 0 fully saturated rings. The smallest absolute Gasteiger partial charge is 0.231 e. The first-order valence-electron chi connectivity index (χ1n) is 6.70. The highest BCUT2D eigenvalue weighted by molar-refractivity contribution is 9.10. The van der Waals surface area contributed by atoms with Crippen LogP contribution in [-0.2, 0) is 5.75 Å². The predicted molar refractivity (Wildman–Crippen MR) is 99.0 cm³/mol. The maximum absolute atomic E-state index is 5.39. The van der Waals surface area contributed by atoms with Gasteiger partial charge in [-0.25, -0.2) is 0 Å². The number of hydrogen-bond acceptors (Lipinski definition) is 4. The van der Waals surface area contributed by atoms with Crippen LogP contribution < -0.4 is 14.8 Å². The van der Waals surface area contributed by atoms with E-state index in [1.54, 1.807) is 11.8 Å². The molecule has 0 spiro atoms. The Balaban J connectivity index is 1.57. The largest absolute Gasteiger partial charge is 0.454 e. The highest BCUT2D eigenvalue weighted by Gasteiger charge is 2.13. The monoisotopic (exact) mass is 395 g/mol. The molecule has 0 saturated carbocycles. The zero-order valence-corrected chi connectivity index (χ0v) is 15.1. The lowest BCUT2D eigenvalue weighted by molar-refractivity contribution is 0.174. The molecule has 0 radical (unpaired) electrons. The van der Waals surface area contributed by atoms with Gasteiger partial charge in [-0.05, 0) is 48.4 Å². The van der Waals surface area contributed by atoms with E-state index in [1.807, 2.05) is 30.3 Å². The summed E-state index contributed by atoms with van der Waals surface area (Å²) in [6.45, 7) is 2.35. The van der Waals surface area contributed by atoms with Crippen LogP contribution >= 0.6 is 39.9 Å². The quantitative estimate of drug-likeness (QED) is 0.728. The molecule has 3 rings (SSSR count). The van der Waals surface area contributed by atoms with E-state index in [-0.39, 0.29) is 0 Å². The maximum atomic E-state index is 5.39. The lowest BCUT2D eigenvalue weighted by atomic mass is 10.2. The first kappa shape index (κ1) is 15.6. The third-order valence-electron chi connectivity index (χ3n) is 3.21. The molecule has 1 aliphatic heterocycles. The van der Waals surface area contributed by atoms with Gasteiger partial charge in [0.1, 0.15) is 4.32 Å². The van der Waals surface area contributed by atoms with Crippen molar-refractivity contribution < 1.29 is 9.47 Å². The van der Waals surface area contributed by atoms with Crippen molar-refractivity contribution in [2.75, 3.05) is 12.1 Å². The number of fused-ring (bicyclic) bond motifs is 1. The van der Waals surface area contributed by atoms with Gasteiger partial charge in [0.25, 0.3) is 0 Å². The number of rotatable bonds is 3.